The van der Waals surface area contributed by atoms with Gasteiger partial charge in [-0.15, -0.1) is 0 Å². The Labute approximate surface area is 96.5 Å². The number of hydrogen-bond donors (Lipinski definition) is 0. The molecule has 0 bridgehead atoms. The second-order valence-electron chi connectivity index (χ2n) is 4.10. The zero-order chi connectivity index (χ0) is 11.2. The van der Waals surface area contributed by atoms with Gasteiger partial charge in [0.05, 0.1) is 0 Å². The van der Waals surface area contributed by atoms with Crippen LogP contribution in [0.15, 0.2) is 24.8 Å². The van der Waals surface area contributed by atoms with Gasteiger partial charge in [-0.2, -0.15) is 0 Å². The lowest BCUT2D eigenvalue weighted by Gasteiger charge is -2.00. The Bertz CT molecular complexity index is 144. The van der Waals surface area contributed by atoms with Crippen LogP contribution in [0, 0.1) is 6.42 Å². The molecular weight excluding hydrogens is 180 g/mol. The average Bonchev–Trinajstić information content (AvgIpc) is 2.26. The summed E-state index contributed by atoms with van der Waals surface area (Å²) in [5.41, 5.74) is 0. The topological polar surface area (TPSA) is 0 Å². The maximum absolute atomic E-state index is 3.64. The Kier molecular flexibility index (Phi) is 13.0. The minimum Gasteiger partial charge on any atom is -0.0991 e. The highest BCUT2D eigenvalue weighted by atomic mass is 14.0. The molecule has 0 aliphatic carbocycles. The van der Waals surface area contributed by atoms with Gasteiger partial charge < -0.3 is 0 Å². The van der Waals surface area contributed by atoms with E-state index >= 15 is 0 Å². The van der Waals surface area contributed by atoms with E-state index in [4.69, 9.17) is 0 Å². The lowest BCUT2D eigenvalue weighted by Crippen LogP contribution is -1.81. The molecule has 0 atom stereocenters. The predicted octanol–water partition coefficient (Wildman–Crippen LogP) is 5.46. The molecule has 0 fully saturated rings. The normalized spacial score (nSPS) is 11.0. The minimum atomic E-state index is 1.10. The van der Waals surface area contributed by atoms with Gasteiger partial charge in [0.2, 0.25) is 0 Å². The van der Waals surface area contributed by atoms with Gasteiger partial charge in [-0.25, -0.2) is 0 Å². The molecule has 1 radical (unpaired) electrons. The fraction of sp³-hybridized carbons (Fsp3) is 0.667. The van der Waals surface area contributed by atoms with Crippen molar-refractivity contribution in [2.24, 2.45) is 0 Å². The Hall–Kier alpha value is -0.520. The SMILES string of the molecule is C=C/C=C/C[CH]CCCCCCCCC. The number of unbranched alkanes of at least 4 members (excludes halogenated alkanes) is 9. The summed E-state index contributed by atoms with van der Waals surface area (Å²) in [6.45, 7) is 5.91. The molecule has 0 aromatic heterocycles. The van der Waals surface area contributed by atoms with Crippen molar-refractivity contribution in [2.45, 2.75) is 64.7 Å². The quantitative estimate of drug-likeness (QED) is 0.311. The molecular formula is C15H27. The first-order valence-corrected chi connectivity index (χ1v) is 6.51. The second-order valence-corrected chi connectivity index (χ2v) is 4.10. The molecule has 0 aromatic rings. The summed E-state index contributed by atoms with van der Waals surface area (Å²) in [4.78, 5) is 0. The van der Waals surface area contributed by atoms with Crippen LogP contribution in [-0.4, -0.2) is 0 Å². The second kappa shape index (κ2) is 13.5. The Morgan fingerprint density at radius 1 is 0.933 bits per heavy atom. The van der Waals surface area contributed by atoms with Crippen LogP contribution in [-0.2, 0) is 0 Å². The van der Waals surface area contributed by atoms with Crippen LogP contribution in [0.4, 0.5) is 0 Å². The molecule has 0 amide bonds. The molecule has 0 unspecified atom stereocenters. The standard InChI is InChI=1S/C15H27/c1-3-5-7-9-11-13-15-14-12-10-8-6-4-2/h3,5,7,11H,1,4,6,8-10,12-15H2,2H3/b7-5+. The molecule has 0 nitrogen and oxygen atoms in total. The van der Waals surface area contributed by atoms with E-state index in [1.54, 1.807) is 0 Å². The summed E-state index contributed by atoms with van der Waals surface area (Å²) in [6, 6.07) is 0. The maximum Gasteiger partial charge on any atom is -0.0316 e. The zero-order valence-corrected chi connectivity index (χ0v) is 10.4. The molecule has 0 heterocycles. The van der Waals surface area contributed by atoms with Gasteiger partial charge in [-0.1, -0.05) is 76.7 Å². The highest BCUT2D eigenvalue weighted by Crippen LogP contribution is 2.09. The fourth-order valence-electron chi connectivity index (χ4n) is 1.63. The first kappa shape index (κ1) is 14.5. The zero-order valence-electron chi connectivity index (χ0n) is 10.4. The monoisotopic (exact) mass is 207 g/mol. The molecule has 0 saturated heterocycles. The van der Waals surface area contributed by atoms with E-state index in [9.17, 15) is 0 Å². The van der Waals surface area contributed by atoms with Crippen LogP contribution in [0.5, 0.6) is 0 Å². The average molecular weight is 207 g/mol. The van der Waals surface area contributed by atoms with Crippen molar-refractivity contribution in [1.82, 2.24) is 0 Å². The van der Waals surface area contributed by atoms with Gasteiger partial charge in [0.1, 0.15) is 0 Å². The lowest BCUT2D eigenvalue weighted by atomic mass is 10.1. The van der Waals surface area contributed by atoms with Crippen molar-refractivity contribution in [3.63, 3.8) is 0 Å². The van der Waals surface area contributed by atoms with E-state index in [1.165, 1.54) is 51.4 Å². The van der Waals surface area contributed by atoms with Gasteiger partial charge >= 0.3 is 0 Å². The fourth-order valence-corrected chi connectivity index (χ4v) is 1.63. The molecule has 0 saturated carbocycles. The Morgan fingerprint density at radius 2 is 1.60 bits per heavy atom. The maximum atomic E-state index is 3.64. The molecule has 0 aromatic carbocycles. The largest absolute Gasteiger partial charge is 0.0991 e. The van der Waals surface area contributed by atoms with E-state index in [-0.39, 0.29) is 0 Å². The molecule has 0 aliphatic rings. The van der Waals surface area contributed by atoms with Crippen molar-refractivity contribution in [3.05, 3.63) is 31.2 Å². The van der Waals surface area contributed by atoms with E-state index < -0.39 is 0 Å². The van der Waals surface area contributed by atoms with Gasteiger partial charge in [-0.05, 0) is 19.3 Å². The summed E-state index contributed by atoms with van der Waals surface area (Å²) in [5.74, 6) is 0. The van der Waals surface area contributed by atoms with Crippen LogP contribution >= 0.6 is 0 Å². The number of allylic oxidation sites excluding steroid dienone is 3. The van der Waals surface area contributed by atoms with E-state index in [1.807, 2.05) is 12.2 Å². The van der Waals surface area contributed by atoms with Crippen LogP contribution < -0.4 is 0 Å². The summed E-state index contributed by atoms with van der Waals surface area (Å²) >= 11 is 0. The minimum absolute atomic E-state index is 1.10. The molecule has 0 aliphatic heterocycles. The predicted molar refractivity (Wildman–Crippen MR) is 70.9 cm³/mol. The van der Waals surface area contributed by atoms with Gasteiger partial charge in [0, 0.05) is 0 Å². The molecule has 15 heavy (non-hydrogen) atoms. The summed E-state index contributed by atoms with van der Waals surface area (Å²) < 4.78 is 0. The van der Waals surface area contributed by atoms with Crippen molar-refractivity contribution < 1.29 is 0 Å². The summed E-state index contributed by atoms with van der Waals surface area (Å²) in [5, 5.41) is 0. The van der Waals surface area contributed by atoms with Crippen molar-refractivity contribution in [1.29, 1.82) is 0 Å². The smallest absolute Gasteiger partial charge is 0.0316 e. The van der Waals surface area contributed by atoms with Crippen LogP contribution in [0.25, 0.3) is 0 Å². The van der Waals surface area contributed by atoms with Crippen molar-refractivity contribution in [2.75, 3.05) is 0 Å². The van der Waals surface area contributed by atoms with E-state index in [0.29, 0.717) is 0 Å². The van der Waals surface area contributed by atoms with Crippen LogP contribution in [0.3, 0.4) is 0 Å². The highest BCUT2D eigenvalue weighted by Gasteiger charge is 1.90. The van der Waals surface area contributed by atoms with Gasteiger partial charge in [0.25, 0.3) is 0 Å². The summed E-state index contributed by atoms with van der Waals surface area (Å²) in [7, 11) is 0. The highest BCUT2D eigenvalue weighted by molar-refractivity contribution is 4.98. The number of hydrogen-bond acceptors (Lipinski definition) is 0. The Morgan fingerprint density at radius 3 is 2.27 bits per heavy atom. The molecule has 0 rings (SSSR count). The van der Waals surface area contributed by atoms with E-state index in [2.05, 4.69) is 26.0 Å². The third-order valence-corrected chi connectivity index (χ3v) is 2.59. The molecule has 0 N–H and O–H groups in total. The van der Waals surface area contributed by atoms with Crippen molar-refractivity contribution >= 4 is 0 Å². The lowest BCUT2D eigenvalue weighted by molar-refractivity contribution is 0.586. The molecule has 0 heteroatoms. The third-order valence-electron chi connectivity index (χ3n) is 2.59. The van der Waals surface area contributed by atoms with E-state index in [0.717, 1.165) is 6.42 Å². The molecule has 87 valence electrons. The number of rotatable bonds is 11. The molecule has 0 spiro atoms. The van der Waals surface area contributed by atoms with Crippen LogP contribution in [0.2, 0.25) is 0 Å². The van der Waals surface area contributed by atoms with Crippen LogP contribution in [0.1, 0.15) is 64.7 Å². The van der Waals surface area contributed by atoms with Gasteiger partial charge in [0.15, 0.2) is 0 Å². The van der Waals surface area contributed by atoms with Gasteiger partial charge in [-0.3, -0.25) is 0 Å². The first-order chi connectivity index (χ1) is 7.41. The van der Waals surface area contributed by atoms with Crippen molar-refractivity contribution in [3.8, 4) is 0 Å². The Balaban J connectivity index is 2.92. The summed E-state index contributed by atoms with van der Waals surface area (Å²) in [6.07, 6.45) is 20.6. The first-order valence-electron chi connectivity index (χ1n) is 6.51. The third kappa shape index (κ3) is 13.5.